The molecule has 1 aliphatic rings. The second-order valence-corrected chi connectivity index (χ2v) is 8.11. The molecule has 0 radical (unpaired) electrons. The minimum absolute atomic E-state index is 0.213. The van der Waals surface area contributed by atoms with E-state index in [-0.39, 0.29) is 5.91 Å². The summed E-state index contributed by atoms with van der Waals surface area (Å²) in [5.41, 5.74) is 1.76. The zero-order chi connectivity index (χ0) is 19.6. The number of nitrogens with zero attached hydrogens (tertiary/aromatic N) is 2. The molecule has 1 amide bonds. The van der Waals surface area contributed by atoms with Crippen LogP contribution in [0, 0.1) is 11.3 Å². The average Bonchev–Trinajstić information content (AvgIpc) is 2.94. The lowest BCUT2D eigenvalue weighted by Crippen LogP contribution is -2.39. The Balaban J connectivity index is 2.29. The minimum Gasteiger partial charge on any atom is -0.378 e. The van der Waals surface area contributed by atoms with Crippen LogP contribution in [-0.4, -0.2) is 25.8 Å². The summed E-state index contributed by atoms with van der Waals surface area (Å²) in [6, 6.07) is 17.2. The Labute approximate surface area is 168 Å². The van der Waals surface area contributed by atoms with Crippen molar-refractivity contribution in [2.45, 2.75) is 12.3 Å². The van der Waals surface area contributed by atoms with E-state index in [9.17, 15) is 10.1 Å². The lowest BCUT2D eigenvalue weighted by molar-refractivity contribution is -0.122. The summed E-state index contributed by atoms with van der Waals surface area (Å²) < 4.78 is 0. The molecular formula is C21H20ClN3OS. The van der Waals surface area contributed by atoms with E-state index in [1.54, 1.807) is 12.1 Å². The maximum absolute atomic E-state index is 13.3. The Morgan fingerprint density at radius 1 is 1.11 bits per heavy atom. The van der Waals surface area contributed by atoms with Crippen LogP contribution in [0.4, 0.5) is 5.69 Å². The molecule has 1 aliphatic heterocycles. The fraction of sp³-hybridized carbons (Fsp3) is 0.238. The van der Waals surface area contributed by atoms with Gasteiger partial charge in [-0.25, -0.2) is 0 Å². The van der Waals surface area contributed by atoms with Crippen molar-refractivity contribution in [2.24, 2.45) is 0 Å². The van der Waals surface area contributed by atoms with Crippen LogP contribution < -0.4 is 10.2 Å². The molecule has 4 nitrogen and oxygen atoms in total. The number of halogens is 1. The first-order chi connectivity index (χ1) is 12.9. The molecule has 27 heavy (non-hydrogen) atoms. The minimum atomic E-state index is -1.18. The lowest BCUT2D eigenvalue weighted by Gasteiger charge is -2.29. The maximum Gasteiger partial charge on any atom is 0.245 e. The molecule has 0 saturated heterocycles. The van der Waals surface area contributed by atoms with Crippen molar-refractivity contribution in [3.8, 4) is 6.07 Å². The van der Waals surface area contributed by atoms with Gasteiger partial charge in [-0.1, -0.05) is 42.8 Å². The summed E-state index contributed by atoms with van der Waals surface area (Å²) in [6.07, 6.45) is 0. The first kappa shape index (κ1) is 19.3. The van der Waals surface area contributed by atoms with Gasteiger partial charge in [0.1, 0.15) is 5.41 Å². The topological polar surface area (TPSA) is 56.1 Å². The van der Waals surface area contributed by atoms with Crippen LogP contribution in [0.15, 0.2) is 59.1 Å². The summed E-state index contributed by atoms with van der Waals surface area (Å²) in [5.74, 6) is 0.548. The first-order valence-corrected chi connectivity index (χ1v) is 9.94. The first-order valence-electron chi connectivity index (χ1n) is 8.58. The number of anilines is 1. The van der Waals surface area contributed by atoms with Crippen LogP contribution in [0.1, 0.15) is 18.1 Å². The van der Waals surface area contributed by atoms with Crippen molar-refractivity contribution in [3.63, 3.8) is 0 Å². The van der Waals surface area contributed by atoms with E-state index >= 15 is 0 Å². The Bertz CT molecular complexity index is 929. The predicted octanol–water partition coefficient (Wildman–Crippen LogP) is 4.31. The number of hydrogen-bond acceptors (Lipinski definition) is 4. The molecule has 1 atom stereocenters. The van der Waals surface area contributed by atoms with E-state index in [1.807, 2.05) is 62.3 Å². The molecule has 1 heterocycles. The van der Waals surface area contributed by atoms with Crippen LogP contribution in [0.3, 0.4) is 0 Å². The third-order valence-electron chi connectivity index (χ3n) is 4.66. The molecule has 3 rings (SSSR count). The lowest BCUT2D eigenvalue weighted by atomic mass is 9.70. The smallest absolute Gasteiger partial charge is 0.245 e. The van der Waals surface area contributed by atoms with Gasteiger partial charge in [-0.05, 0) is 41.1 Å². The van der Waals surface area contributed by atoms with Crippen molar-refractivity contribution in [1.82, 2.24) is 5.32 Å². The number of rotatable bonds is 5. The van der Waals surface area contributed by atoms with Gasteiger partial charge >= 0.3 is 0 Å². The normalized spacial score (nSPS) is 19.0. The quantitative estimate of drug-likeness (QED) is 0.816. The highest BCUT2D eigenvalue weighted by Crippen LogP contribution is 2.46. The summed E-state index contributed by atoms with van der Waals surface area (Å²) in [4.78, 5) is 15.3. The average molecular weight is 398 g/mol. The number of carbonyl (C=O) groups excluding carboxylic acids is 1. The molecule has 0 fully saturated rings. The zero-order valence-electron chi connectivity index (χ0n) is 15.4. The molecule has 0 saturated carbocycles. The Hall–Kier alpha value is -2.42. The van der Waals surface area contributed by atoms with Gasteiger partial charge in [-0.3, -0.25) is 4.79 Å². The van der Waals surface area contributed by atoms with E-state index < -0.39 is 5.41 Å². The number of amides is 1. The fourth-order valence-electron chi connectivity index (χ4n) is 3.36. The van der Waals surface area contributed by atoms with Gasteiger partial charge in [-0.15, -0.1) is 11.8 Å². The highest BCUT2D eigenvalue weighted by Gasteiger charge is 2.52. The number of carbonyl (C=O) groups is 1. The van der Waals surface area contributed by atoms with E-state index in [4.69, 9.17) is 11.6 Å². The van der Waals surface area contributed by atoms with Gasteiger partial charge in [0.05, 0.1) is 16.7 Å². The van der Waals surface area contributed by atoms with Gasteiger partial charge in [0.25, 0.3) is 0 Å². The highest BCUT2D eigenvalue weighted by molar-refractivity contribution is 8.03. The Kier molecular flexibility index (Phi) is 5.50. The molecule has 0 bridgehead atoms. The zero-order valence-corrected chi connectivity index (χ0v) is 17.0. The van der Waals surface area contributed by atoms with E-state index in [0.29, 0.717) is 15.6 Å². The summed E-state index contributed by atoms with van der Waals surface area (Å²) in [5, 5.41) is 14.1. The maximum atomic E-state index is 13.3. The molecule has 0 spiro atoms. The van der Waals surface area contributed by atoms with Gasteiger partial charge in [0, 0.05) is 24.8 Å². The molecule has 0 aromatic heterocycles. The number of benzene rings is 2. The van der Waals surface area contributed by atoms with Crippen LogP contribution in [-0.2, 0) is 10.2 Å². The fourth-order valence-corrected chi connectivity index (χ4v) is 4.28. The highest BCUT2D eigenvalue weighted by atomic mass is 35.5. The van der Waals surface area contributed by atoms with Gasteiger partial charge in [0.15, 0.2) is 0 Å². The SMILES string of the molecule is CCSC1=C(C#N)C(c2ccc(Cl)cc2)(c2ccc(N(C)C)cc2)C(=O)N1. The standard InChI is InChI=1S/C21H20ClN3OS/c1-4-27-19-18(13-23)21(20(26)24-19,14-5-9-16(22)10-6-14)15-7-11-17(12-8-15)25(2)3/h5-12H,4H2,1-3H3,(H,24,26). The van der Waals surface area contributed by atoms with Crippen molar-refractivity contribution in [2.75, 3.05) is 24.7 Å². The van der Waals surface area contributed by atoms with Crippen LogP contribution in [0.25, 0.3) is 0 Å². The summed E-state index contributed by atoms with van der Waals surface area (Å²) >= 11 is 7.53. The van der Waals surface area contributed by atoms with Gasteiger partial charge in [-0.2, -0.15) is 5.26 Å². The number of thioether (sulfide) groups is 1. The third-order valence-corrected chi connectivity index (χ3v) is 5.80. The monoisotopic (exact) mass is 397 g/mol. The van der Waals surface area contributed by atoms with Gasteiger partial charge < -0.3 is 10.2 Å². The van der Waals surface area contributed by atoms with Crippen molar-refractivity contribution >= 4 is 35.0 Å². The number of hydrogen-bond donors (Lipinski definition) is 1. The van der Waals surface area contributed by atoms with Crippen LogP contribution in [0.5, 0.6) is 0 Å². The second kappa shape index (κ2) is 7.67. The molecule has 2 aromatic rings. The molecule has 138 valence electrons. The van der Waals surface area contributed by atoms with Crippen molar-refractivity contribution in [1.29, 1.82) is 5.26 Å². The Morgan fingerprint density at radius 3 is 2.15 bits per heavy atom. The van der Waals surface area contributed by atoms with Crippen LogP contribution in [0.2, 0.25) is 5.02 Å². The molecule has 6 heteroatoms. The predicted molar refractivity (Wildman–Crippen MR) is 112 cm³/mol. The third kappa shape index (κ3) is 3.20. The number of nitriles is 1. The summed E-state index contributed by atoms with van der Waals surface area (Å²) in [6.45, 7) is 1.99. The summed E-state index contributed by atoms with van der Waals surface area (Å²) in [7, 11) is 3.92. The Morgan fingerprint density at radius 2 is 1.67 bits per heavy atom. The molecule has 0 aliphatic carbocycles. The van der Waals surface area contributed by atoms with E-state index in [2.05, 4.69) is 11.4 Å². The molecular weight excluding hydrogens is 378 g/mol. The van der Waals surface area contributed by atoms with Crippen molar-refractivity contribution < 1.29 is 4.79 Å². The van der Waals surface area contributed by atoms with E-state index in [1.165, 1.54) is 11.8 Å². The van der Waals surface area contributed by atoms with Crippen molar-refractivity contribution in [3.05, 3.63) is 75.3 Å². The number of nitrogens with one attached hydrogen (secondary N) is 1. The second-order valence-electron chi connectivity index (χ2n) is 6.40. The van der Waals surface area contributed by atoms with Crippen LogP contribution >= 0.6 is 23.4 Å². The largest absolute Gasteiger partial charge is 0.378 e. The molecule has 2 aromatic carbocycles. The van der Waals surface area contributed by atoms with E-state index in [0.717, 1.165) is 22.6 Å². The van der Waals surface area contributed by atoms with Gasteiger partial charge in [0.2, 0.25) is 5.91 Å². The molecule has 1 N–H and O–H groups in total. The molecule has 1 unspecified atom stereocenters.